The molecule has 0 fully saturated rings. The van der Waals surface area contributed by atoms with E-state index in [0.717, 1.165) is 12.4 Å². The van der Waals surface area contributed by atoms with Gasteiger partial charge in [-0.15, -0.1) is 0 Å². The Bertz CT molecular complexity index is 769. The van der Waals surface area contributed by atoms with Crippen molar-refractivity contribution >= 4 is 11.6 Å². The molecule has 0 saturated carbocycles. The van der Waals surface area contributed by atoms with Crippen molar-refractivity contribution in [1.82, 2.24) is 9.97 Å². The summed E-state index contributed by atoms with van der Waals surface area (Å²) in [4.78, 5) is 28.6. The molecule has 0 bridgehead atoms. The first-order valence-corrected chi connectivity index (χ1v) is 5.94. The van der Waals surface area contributed by atoms with Crippen molar-refractivity contribution in [3.8, 4) is 11.8 Å². The molecular weight excluding hydrogens is 275 g/mol. The minimum atomic E-state index is -0.633. The van der Waals surface area contributed by atoms with Crippen molar-refractivity contribution in [3.05, 3.63) is 58.0 Å². The SMILES string of the molecule is NCC#Cc1ccc(NC(=O)c2c[nH]c(=O)cn2)c(F)c1. The van der Waals surface area contributed by atoms with Crippen LogP contribution < -0.4 is 16.6 Å². The number of aromatic nitrogens is 2. The highest BCUT2D eigenvalue weighted by Gasteiger charge is 2.10. The highest BCUT2D eigenvalue weighted by Crippen LogP contribution is 2.15. The van der Waals surface area contributed by atoms with Crippen LogP contribution in [0.5, 0.6) is 0 Å². The summed E-state index contributed by atoms with van der Waals surface area (Å²) in [7, 11) is 0. The van der Waals surface area contributed by atoms with E-state index in [9.17, 15) is 14.0 Å². The van der Waals surface area contributed by atoms with Gasteiger partial charge in [-0.3, -0.25) is 9.59 Å². The van der Waals surface area contributed by atoms with Crippen molar-refractivity contribution < 1.29 is 9.18 Å². The summed E-state index contributed by atoms with van der Waals surface area (Å²) in [6.07, 6.45) is 2.12. The molecule has 1 aromatic carbocycles. The van der Waals surface area contributed by atoms with E-state index in [4.69, 9.17) is 5.73 Å². The zero-order chi connectivity index (χ0) is 15.2. The summed E-state index contributed by atoms with van der Waals surface area (Å²) < 4.78 is 13.8. The van der Waals surface area contributed by atoms with E-state index in [2.05, 4.69) is 27.1 Å². The van der Waals surface area contributed by atoms with Crippen LogP contribution in [0.1, 0.15) is 16.1 Å². The zero-order valence-corrected chi connectivity index (χ0v) is 10.8. The lowest BCUT2D eigenvalue weighted by molar-refractivity contribution is 0.102. The predicted molar refractivity (Wildman–Crippen MR) is 75.1 cm³/mol. The van der Waals surface area contributed by atoms with Crippen LogP contribution in [0.3, 0.4) is 0 Å². The van der Waals surface area contributed by atoms with Gasteiger partial charge >= 0.3 is 0 Å². The monoisotopic (exact) mass is 286 g/mol. The number of H-pyrrole nitrogens is 1. The van der Waals surface area contributed by atoms with Crippen LogP contribution in [0.25, 0.3) is 0 Å². The Morgan fingerprint density at radius 1 is 1.48 bits per heavy atom. The van der Waals surface area contributed by atoms with E-state index in [0.29, 0.717) is 5.56 Å². The molecule has 0 atom stereocenters. The van der Waals surface area contributed by atoms with Crippen molar-refractivity contribution in [2.75, 3.05) is 11.9 Å². The van der Waals surface area contributed by atoms with Crippen LogP contribution in [-0.2, 0) is 0 Å². The fourth-order valence-corrected chi connectivity index (χ4v) is 1.50. The van der Waals surface area contributed by atoms with Crippen LogP contribution in [0, 0.1) is 17.7 Å². The maximum atomic E-state index is 13.8. The molecule has 1 heterocycles. The zero-order valence-electron chi connectivity index (χ0n) is 10.8. The first kappa shape index (κ1) is 14.4. The smallest absolute Gasteiger partial charge is 0.275 e. The number of nitrogens with two attached hydrogens (primary N) is 1. The van der Waals surface area contributed by atoms with Gasteiger partial charge in [-0.1, -0.05) is 11.8 Å². The van der Waals surface area contributed by atoms with Crippen LogP contribution in [0.4, 0.5) is 10.1 Å². The second-order valence-corrected chi connectivity index (χ2v) is 3.95. The molecule has 0 unspecified atom stereocenters. The molecule has 4 N–H and O–H groups in total. The molecule has 6 nitrogen and oxygen atoms in total. The van der Waals surface area contributed by atoms with E-state index >= 15 is 0 Å². The first-order chi connectivity index (χ1) is 10.1. The molecule has 2 aromatic rings. The summed E-state index contributed by atoms with van der Waals surface area (Å²) in [6.45, 7) is 0.179. The molecule has 2 rings (SSSR count). The summed E-state index contributed by atoms with van der Waals surface area (Å²) in [5.41, 5.74) is 5.22. The third kappa shape index (κ3) is 3.75. The quantitative estimate of drug-likeness (QED) is 0.699. The number of hydrogen-bond acceptors (Lipinski definition) is 4. The number of amides is 1. The van der Waals surface area contributed by atoms with Crippen molar-refractivity contribution in [2.45, 2.75) is 0 Å². The largest absolute Gasteiger partial charge is 0.325 e. The molecule has 0 aliphatic rings. The van der Waals surface area contributed by atoms with Gasteiger partial charge in [-0.25, -0.2) is 9.37 Å². The van der Waals surface area contributed by atoms with Gasteiger partial charge in [0.15, 0.2) is 0 Å². The lowest BCUT2D eigenvalue weighted by atomic mass is 10.2. The number of benzene rings is 1. The highest BCUT2D eigenvalue weighted by molar-refractivity contribution is 6.02. The second kappa shape index (κ2) is 6.45. The molecule has 106 valence electrons. The van der Waals surface area contributed by atoms with Crippen LogP contribution in [-0.4, -0.2) is 22.4 Å². The fraction of sp³-hybridized carbons (Fsp3) is 0.0714. The number of hydrogen-bond donors (Lipinski definition) is 3. The molecule has 1 amide bonds. The van der Waals surface area contributed by atoms with Gasteiger partial charge in [-0.2, -0.15) is 0 Å². The lowest BCUT2D eigenvalue weighted by Crippen LogP contribution is -2.17. The number of halogens is 1. The molecule has 0 spiro atoms. The minimum absolute atomic E-state index is 0.00806. The summed E-state index contributed by atoms with van der Waals surface area (Å²) in [6, 6.07) is 4.14. The van der Waals surface area contributed by atoms with Gasteiger partial charge in [0.1, 0.15) is 11.5 Å². The number of rotatable bonds is 2. The van der Waals surface area contributed by atoms with E-state index in [-0.39, 0.29) is 17.9 Å². The van der Waals surface area contributed by atoms with Crippen LogP contribution >= 0.6 is 0 Å². The second-order valence-electron chi connectivity index (χ2n) is 3.95. The summed E-state index contributed by atoms with van der Waals surface area (Å²) in [5.74, 6) is 4.03. The minimum Gasteiger partial charge on any atom is -0.325 e. The lowest BCUT2D eigenvalue weighted by Gasteiger charge is -2.05. The standard InChI is InChI=1S/C14H11FN4O2/c15-10-6-9(2-1-5-16)3-4-11(10)19-14(21)12-7-18-13(20)8-17-12/h3-4,6-8H,5,16H2,(H,18,20)(H,19,21). The topological polar surface area (TPSA) is 101 Å². The number of carbonyl (C=O) groups excluding carboxylic acids is 1. The molecule has 0 saturated heterocycles. The fourth-order valence-electron chi connectivity index (χ4n) is 1.50. The molecule has 0 aliphatic heterocycles. The van der Waals surface area contributed by atoms with Gasteiger partial charge in [0.25, 0.3) is 11.5 Å². The Balaban J connectivity index is 2.17. The summed E-state index contributed by atoms with van der Waals surface area (Å²) >= 11 is 0. The Morgan fingerprint density at radius 3 is 2.90 bits per heavy atom. The molecular formula is C14H11FN4O2. The Kier molecular flexibility index (Phi) is 4.43. The average Bonchev–Trinajstić information content (AvgIpc) is 2.48. The average molecular weight is 286 g/mol. The normalized spacial score (nSPS) is 9.62. The molecule has 7 heteroatoms. The Labute approximate surface area is 119 Å². The van der Waals surface area contributed by atoms with Crippen molar-refractivity contribution in [3.63, 3.8) is 0 Å². The van der Waals surface area contributed by atoms with E-state index in [1.165, 1.54) is 12.1 Å². The Hall–Kier alpha value is -2.98. The number of nitrogens with zero attached hydrogens (tertiary/aromatic N) is 1. The van der Waals surface area contributed by atoms with E-state index in [1.807, 2.05) is 0 Å². The van der Waals surface area contributed by atoms with E-state index < -0.39 is 17.3 Å². The molecule has 1 aromatic heterocycles. The van der Waals surface area contributed by atoms with Gasteiger partial charge < -0.3 is 16.0 Å². The predicted octanol–water partition coefficient (Wildman–Crippen LogP) is 0.471. The van der Waals surface area contributed by atoms with Gasteiger partial charge in [0.05, 0.1) is 18.4 Å². The molecule has 0 radical (unpaired) electrons. The third-order valence-corrected chi connectivity index (χ3v) is 2.46. The summed E-state index contributed by atoms with van der Waals surface area (Å²) in [5, 5.41) is 2.36. The van der Waals surface area contributed by atoms with Gasteiger partial charge in [0, 0.05) is 11.8 Å². The maximum absolute atomic E-state index is 13.8. The van der Waals surface area contributed by atoms with Gasteiger partial charge in [0.2, 0.25) is 0 Å². The van der Waals surface area contributed by atoms with Crippen molar-refractivity contribution in [1.29, 1.82) is 0 Å². The molecule has 0 aliphatic carbocycles. The Morgan fingerprint density at radius 2 is 2.29 bits per heavy atom. The molecule has 21 heavy (non-hydrogen) atoms. The highest BCUT2D eigenvalue weighted by atomic mass is 19.1. The first-order valence-electron chi connectivity index (χ1n) is 5.94. The van der Waals surface area contributed by atoms with Crippen LogP contribution in [0.2, 0.25) is 0 Å². The number of aromatic amines is 1. The van der Waals surface area contributed by atoms with E-state index in [1.54, 1.807) is 6.07 Å². The third-order valence-electron chi connectivity index (χ3n) is 2.46. The number of carbonyl (C=O) groups is 1. The van der Waals surface area contributed by atoms with Crippen molar-refractivity contribution in [2.24, 2.45) is 5.73 Å². The maximum Gasteiger partial charge on any atom is 0.275 e. The number of anilines is 1. The van der Waals surface area contributed by atoms with Gasteiger partial charge in [-0.05, 0) is 18.2 Å². The van der Waals surface area contributed by atoms with Crippen LogP contribution in [0.15, 0.2) is 35.4 Å². The number of nitrogens with one attached hydrogen (secondary N) is 2.